The number of methoxy groups -OCH3 is 1. The van der Waals surface area contributed by atoms with Gasteiger partial charge in [0.05, 0.1) is 42.5 Å². The van der Waals surface area contributed by atoms with Crippen LogP contribution in [0.3, 0.4) is 0 Å². The van der Waals surface area contributed by atoms with Crippen LogP contribution >= 0.6 is 0 Å². The first-order chi connectivity index (χ1) is 17.3. The van der Waals surface area contributed by atoms with Crippen molar-refractivity contribution in [3.63, 3.8) is 0 Å². The molecular weight excluding hydrogens is 458 g/mol. The second-order valence-corrected chi connectivity index (χ2v) is 10.5. The van der Waals surface area contributed by atoms with E-state index in [1.807, 2.05) is 23.9 Å². The zero-order valence-corrected chi connectivity index (χ0v) is 21.5. The van der Waals surface area contributed by atoms with Gasteiger partial charge in [-0.1, -0.05) is 13.8 Å². The lowest BCUT2D eigenvalue weighted by Crippen LogP contribution is -2.42. The Bertz CT molecular complexity index is 1280. The molecule has 1 aromatic carbocycles. The van der Waals surface area contributed by atoms with Crippen molar-refractivity contribution >= 4 is 28.8 Å². The van der Waals surface area contributed by atoms with Gasteiger partial charge in [-0.2, -0.15) is 5.10 Å². The number of hydrogen-bond donors (Lipinski definition) is 1. The molecule has 3 heterocycles. The highest BCUT2D eigenvalue weighted by molar-refractivity contribution is 5.95. The Morgan fingerprint density at radius 1 is 1.17 bits per heavy atom. The van der Waals surface area contributed by atoms with Crippen LogP contribution in [0.15, 0.2) is 24.5 Å². The number of aryl methyl sites for hydroxylation is 1. The number of aromatic nitrogens is 4. The summed E-state index contributed by atoms with van der Waals surface area (Å²) in [6.45, 7) is 6.88. The topological polar surface area (TPSA) is 102 Å². The number of imidazole rings is 1. The maximum absolute atomic E-state index is 12.6. The van der Waals surface area contributed by atoms with E-state index >= 15 is 0 Å². The number of carboxylic acid groups (broad SMARTS) is 1. The number of fused-ring (bicyclic) bond motifs is 3. The molecule has 0 spiro atoms. The lowest BCUT2D eigenvalue weighted by atomic mass is 9.86. The summed E-state index contributed by atoms with van der Waals surface area (Å²) in [7, 11) is 1.41. The van der Waals surface area contributed by atoms with Gasteiger partial charge in [0.25, 0.3) is 0 Å². The summed E-state index contributed by atoms with van der Waals surface area (Å²) >= 11 is 0. The Morgan fingerprint density at radius 3 is 2.56 bits per heavy atom. The normalized spacial score (nSPS) is 22.1. The van der Waals surface area contributed by atoms with Crippen molar-refractivity contribution in [1.82, 2.24) is 19.3 Å². The van der Waals surface area contributed by atoms with Gasteiger partial charge in [0.2, 0.25) is 0 Å². The molecule has 3 aromatic rings. The maximum atomic E-state index is 12.6. The van der Waals surface area contributed by atoms with Gasteiger partial charge in [0.15, 0.2) is 0 Å². The quantitative estimate of drug-likeness (QED) is 0.529. The number of aliphatic carboxylic acids is 1. The van der Waals surface area contributed by atoms with Crippen molar-refractivity contribution in [2.75, 3.05) is 12.0 Å². The van der Waals surface area contributed by atoms with Gasteiger partial charge in [-0.3, -0.25) is 14.4 Å². The molecule has 0 radical (unpaired) electrons. The Labute approximate surface area is 211 Å². The van der Waals surface area contributed by atoms with E-state index in [0.717, 1.165) is 53.8 Å². The monoisotopic (exact) mass is 493 g/mol. The third-order valence-corrected chi connectivity index (χ3v) is 7.93. The second kappa shape index (κ2) is 9.59. The van der Waals surface area contributed by atoms with Crippen LogP contribution in [0.4, 0.5) is 10.5 Å². The molecule has 9 heteroatoms. The van der Waals surface area contributed by atoms with Crippen molar-refractivity contribution in [3.8, 4) is 0 Å². The Balaban J connectivity index is 1.60. The van der Waals surface area contributed by atoms with Gasteiger partial charge >= 0.3 is 12.1 Å². The zero-order chi connectivity index (χ0) is 25.6. The molecule has 0 unspecified atom stereocenters. The van der Waals surface area contributed by atoms with E-state index in [9.17, 15) is 14.7 Å². The van der Waals surface area contributed by atoms with Crippen LogP contribution in [0.1, 0.15) is 81.8 Å². The Kier molecular flexibility index (Phi) is 6.49. The minimum atomic E-state index is -0.701. The summed E-state index contributed by atoms with van der Waals surface area (Å²) in [6, 6.07) is 4.30. The number of carbonyl (C=O) groups is 2. The van der Waals surface area contributed by atoms with E-state index in [2.05, 4.69) is 35.8 Å². The average molecular weight is 494 g/mol. The minimum absolute atomic E-state index is 0.0498. The molecule has 1 N–H and O–H groups in total. The van der Waals surface area contributed by atoms with E-state index in [4.69, 9.17) is 9.72 Å². The maximum Gasteiger partial charge on any atom is 0.414 e. The van der Waals surface area contributed by atoms with Gasteiger partial charge in [0, 0.05) is 23.8 Å². The first-order valence-electron chi connectivity index (χ1n) is 12.9. The standard InChI is InChI=1S/C27H35N5O4/c1-16(2)19-13-28-30(14-19)15-24-29-25-21-10-5-17(3)31(27(35)36-4)22(21)11-12-23(25)32(24)20-8-6-18(7-9-20)26(33)34/h11-14,16-18,20H,5-10,15H2,1-4H3,(H,33,34)/t17-,18?,20?/m0/s1. The fraction of sp³-hybridized carbons (Fsp3) is 0.556. The number of ether oxygens (including phenoxy) is 1. The minimum Gasteiger partial charge on any atom is -0.481 e. The van der Waals surface area contributed by atoms with Crippen LogP contribution in [0.25, 0.3) is 11.0 Å². The Hall–Kier alpha value is -3.36. The van der Waals surface area contributed by atoms with Crippen LogP contribution in [0, 0.1) is 5.92 Å². The number of anilines is 1. The fourth-order valence-corrected chi connectivity index (χ4v) is 5.83. The van der Waals surface area contributed by atoms with Gasteiger partial charge < -0.3 is 14.4 Å². The van der Waals surface area contributed by atoms with Gasteiger partial charge in [-0.25, -0.2) is 9.78 Å². The molecule has 5 rings (SSSR count). The van der Waals surface area contributed by atoms with Crippen LogP contribution in [-0.2, 0) is 22.5 Å². The molecule has 1 amide bonds. The number of carbonyl (C=O) groups excluding carboxylic acids is 1. The Morgan fingerprint density at radius 2 is 1.92 bits per heavy atom. The molecule has 1 atom stereocenters. The summed E-state index contributed by atoms with van der Waals surface area (Å²) in [5.74, 6) is 0.330. The van der Waals surface area contributed by atoms with E-state index in [1.54, 1.807) is 4.90 Å². The summed E-state index contributed by atoms with van der Waals surface area (Å²) in [4.78, 5) is 31.0. The highest BCUT2D eigenvalue weighted by Crippen LogP contribution is 2.40. The SMILES string of the molecule is COC(=O)N1c2ccc3c(nc(Cn4cc(C(C)C)cn4)n3C3CCC(C(=O)O)CC3)c2CC[C@@H]1C. The van der Waals surface area contributed by atoms with Crippen molar-refractivity contribution in [1.29, 1.82) is 0 Å². The molecule has 1 aliphatic carbocycles. The first kappa shape index (κ1) is 24.3. The lowest BCUT2D eigenvalue weighted by Gasteiger charge is -2.34. The molecule has 1 fully saturated rings. The number of carboxylic acids is 1. The highest BCUT2D eigenvalue weighted by atomic mass is 16.5. The molecule has 9 nitrogen and oxygen atoms in total. The fourth-order valence-electron chi connectivity index (χ4n) is 5.83. The van der Waals surface area contributed by atoms with Crippen molar-refractivity contribution in [2.24, 2.45) is 5.92 Å². The molecule has 1 aliphatic heterocycles. The second-order valence-electron chi connectivity index (χ2n) is 10.5. The molecule has 2 aromatic heterocycles. The van der Waals surface area contributed by atoms with Crippen molar-refractivity contribution < 1.29 is 19.4 Å². The van der Waals surface area contributed by atoms with Gasteiger partial charge in [0.1, 0.15) is 5.82 Å². The first-order valence-corrected chi connectivity index (χ1v) is 12.9. The van der Waals surface area contributed by atoms with E-state index in [-0.39, 0.29) is 24.1 Å². The van der Waals surface area contributed by atoms with E-state index < -0.39 is 5.97 Å². The number of rotatable bonds is 5. The van der Waals surface area contributed by atoms with Crippen LogP contribution in [0.5, 0.6) is 0 Å². The van der Waals surface area contributed by atoms with E-state index in [1.165, 1.54) is 12.7 Å². The summed E-state index contributed by atoms with van der Waals surface area (Å²) in [5.41, 5.74) is 5.07. The number of hydrogen-bond acceptors (Lipinski definition) is 5. The van der Waals surface area contributed by atoms with Crippen LogP contribution in [-0.4, -0.2) is 49.7 Å². The summed E-state index contributed by atoms with van der Waals surface area (Å²) in [5, 5.41) is 14.1. The van der Waals surface area contributed by atoms with Crippen LogP contribution < -0.4 is 4.90 Å². The predicted molar refractivity (Wildman–Crippen MR) is 136 cm³/mol. The van der Waals surface area contributed by atoms with Crippen LogP contribution in [0.2, 0.25) is 0 Å². The van der Waals surface area contributed by atoms with Gasteiger partial charge in [-0.15, -0.1) is 0 Å². The number of amides is 1. The summed E-state index contributed by atoms with van der Waals surface area (Å²) < 4.78 is 9.33. The molecule has 2 aliphatic rings. The molecule has 36 heavy (non-hydrogen) atoms. The zero-order valence-electron chi connectivity index (χ0n) is 21.5. The highest BCUT2D eigenvalue weighted by Gasteiger charge is 2.33. The molecule has 1 saturated carbocycles. The number of nitrogens with zero attached hydrogens (tertiary/aromatic N) is 5. The third kappa shape index (κ3) is 4.24. The smallest absolute Gasteiger partial charge is 0.414 e. The summed E-state index contributed by atoms with van der Waals surface area (Å²) in [6.07, 6.45) is 8.23. The molecule has 0 saturated heterocycles. The van der Waals surface area contributed by atoms with Gasteiger partial charge in [-0.05, 0) is 69.1 Å². The molecule has 0 bridgehead atoms. The van der Waals surface area contributed by atoms with E-state index in [0.29, 0.717) is 25.3 Å². The number of benzene rings is 1. The van der Waals surface area contributed by atoms with Crippen molar-refractivity contribution in [2.45, 2.75) is 83.8 Å². The third-order valence-electron chi connectivity index (χ3n) is 7.93. The van der Waals surface area contributed by atoms with Crippen molar-refractivity contribution in [3.05, 3.63) is 41.5 Å². The lowest BCUT2D eigenvalue weighted by molar-refractivity contribution is -0.143. The predicted octanol–water partition coefficient (Wildman–Crippen LogP) is 5.13. The largest absolute Gasteiger partial charge is 0.481 e. The average Bonchev–Trinajstić information content (AvgIpc) is 3.48. The molecular formula is C27H35N5O4. The molecule has 192 valence electrons.